The second kappa shape index (κ2) is 8.15. The first-order valence-electron chi connectivity index (χ1n) is 10.0. The van der Waals surface area contributed by atoms with E-state index in [0.717, 1.165) is 42.0 Å². The van der Waals surface area contributed by atoms with Crippen LogP contribution in [0, 0.1) is 5.92 Å². The van der Waals surface area contributed by atoms with Gasteiger partial charge in [0, 0.05) is 30.6 Å². The van der Waals surface area contributed by atoms with Crippen LogP contribution in [0.5, 0.6) is 0 Å². The van der Waals surface area contributed by atoms with Crippen LogP contribution in [0.3, 0.4) is 0 Å². The van der Waals surface area contributed by atoms with Gasteiger partial charge in [0.05, 0.1) is 12.1 Å². The van der Waals surface area contributed by atoms with Crippen LogP contribution >= 0.6 is 0 Å². The van der Waals surface area contributed by atoms with Crippen LogP contribution < -0.4 is 4.90 Å². The number of amides is 1. The second-order valence-corrected chi connectivity index (χ2v) is 7.88. The predicted molar refractivity (Wildman–Crippen MR) is 109 cm³/mol. The molecule has 1 saturated carbocycles. The zero-order valence-electron chi connectivity index (χ0n) is 17.1. The van der Waals surface area contributed by atoms with E-state index in [1.165, 1.54) is 0 Å². The Kier molecular flexibility index (Phi) is 5.88. The monoisotopic (exact) mass is 369 g/mol. The molecule has 0 unspecified atom stereocenters. The van der Waals surface area contributed by atoms with Crippen molar-refractivity contribution in [2.24, 2.45) is 5.92 Å². The van der Waals surface area contributed by atoms with Crippen LogP contribution in [0.2, 0.25) is 0 Å². The highest BCUT2D eigenvalue weighted by Crippen LogP contribution is 2.36. The molecule has 0 spiro atoms. The molecule has 1 heterocycles. The molecule has 27 heavy (non-hydrogen) atoms. The fraction of sp³-hybridized carbons (Fsp3) is 0.545. The third kappa shape index (κ3) is 4.18. The lowest BCUT2D eigenvalue weighted by atomic mass is 10.0. The Bertz CT molecular complexity index is 765. The highest BCUT2D eigenvalue weighted by atomic mass is 16.5. The van der Waals surface area contributed by atoms with Gasteiger partial charge in [-0.2, -0.15) is 0 Å². The van der Waals surface area contributed by atoms with E-state index < -0.39 is 0 Å². The number of hydrogen-bond donors (Lipinski definition) is 0. The Balaban J connectivity index is 2.02. The normalized spacial score (nSPS) is 15.0. The molecule has 1 aliphatic rings. The van der Waals surface area contributed by atoms with Crippen molar-refractivity contribution in [2.75, 3.05) is 11.9 Å². The highest BCUT2D eigenvalue weighted by molar-refractivity contribution is 5.82. The van der Waals surface area contributed by atoms with Crippen LogP contribution in [0.25, 0.3) is 11.3 Å². The Labute approximate surface area is 162 Å². The standard InChI is InChI=1S/C22H31N3O2/c1-6-16(4)25(21(26)18-12-13-18)14-19-20(17-10-8-7-9-11-17)23-27-22(19)24(5)15(2)3/h7-11,15-16,18H,6,12-14H2,1-5H3/t16-/m1/s1. The molecule has 0 radical (unpaired) electrons. The molecule has 1 aromatic carbocycles. The fourth-order valence-electron chi connectivity index (χ4n) is 3.18. The maximum Gasteiger partial charge on any atom is 0.232 e. The predicted octanol–water partition coefficient (Wildman–Crippen LogP) is 4.72. The van der Waals surface area contributed by atoms with E-state index >= 15 is 0 Å². The molecular weight excluding hydrogens is 338 g/mol. The molecule has 1 atom stereocenters. The summed E-state index contributed by atoms with van der Waals surface area (Å²) in [4.78, 5) is 17.1. The smallest absolute Gasteiger partial charge is 0.232 e. The van der Waals surface area contributed by atoms with Crippen molar-refractivity contribution in [2.45, 2.75) is 65.6 Å². The first-order valence-corrected chi connectivity index (χ1v) is 10.0. The van der Waals surface area contributed by atoms with E-state index in [4.69, 9.17) is 4.52 Å². The van der Waals surface area contributed by atoms with E-state index in [2.05, 4.69) is 37.8 Å². The molecule has 1 fully saturated rings. The molecule has 1 aromatic heterocycles. The Morgan fingerprint density at radius 2 is 1.89 bits per heavy atom. The molecule has 5 heteroatoms. The molecule has 0 N–H and O–H groups in total. The third-order valence-corrected chi connectivity index (χ3v) is 5.57. The van der Waals surface area contributed by atoms with E-state index in [1.807, 2.05) is 42.3 Å². The number of carbonyl (C=O) groups excluding carboxylic acids is 1. The van der Waals surface area contributed by atoms with Gasteiger partial charge in [0.15, 0.2) is 0 Å². The lowest BCUT2D eigenvalue weighted by Crippen LogP contribution is -2.39. The Morgan fingerprint density at radius 3 is 2.44 bits per heavy atom. The summed E-state index contributed by atoms with van der Waals surface area (Å²) in [6.07, 6.45) is 2.96. The average molecular weight is 370 g/mol. The molecule has 0 aliphatic heterocycles. The minimum absolute atomic E-state index is 0.189. The zero-order valence-corrected chi connectivity index (χ0v) is 17.1. The number of carbonyl (C=O) groups is 1. The van der Waals surface area contributed by atoms with Gasteiger partial charge in [-0.25, -0.2) is 0 Å². The number of hydrogen-bond acceptors (Lipinski definition) is 4. The average Bonchev–Trinajstić information content (AvgIpc) is 3.45. The number of aromatic nitrogens is 1. The van der Waals surface area contributed by atoms with Gasteiger partial charge in [0.25, 0.3) is 0 Å². The molecule has 2 aromatic rings. The van der Waals surface area contributed by atoms with Crippen molar-refractivity contribution in [1.82, 2.24) is 10.1 Å². The van der Waals surface area contributed by atoms with E-state index in [0.29, 0.717) is 6.54 Å². The topological polar surface area (TPSA) is 49.6 Å². The van der Waals surface area contributed by atoms with Gasteiger partial charge in [0.1, 0.15) is 5.69 Å². The van der Waals surface area contributed by atoms with Crippen LogP contribution in [-0.2, 0) is 11.3 Å². The molecular formula is C22H31N3O2. The van der Waals surface area contributed by atoms with E-state index in [9.17, 15) is 4.79 Å². The van der Waals surface area contributed by atoms with Gasteiger partial charge in [-0.3, -0.25) is 4.79 Å². The number of nitrogens with zero attached hydrogens (tertiary/aromatic N) is 3. The zero-order chi connectivity index (χ0) is 19.6. The van der Waals surface area contributed by atoms with Crippen LogP contribution in [0.1, 0.15) is 52.5 Å². The minimum Gasteiger partial charge on any atom is -0.341 e. The minimum atomic E-state index is 0.189. The summed E-state index contributed by atoms with van der Waals surface area (Å²) in [5.74, 6) is 1.22. The van der Waals surface area contributed by atoms with Crippen LogP contribution in [0.4, 0.5) is 5.88 Å². The van der Waals surface area contributed by atoms with Crippen molar-refractivity contribution in [3.8, 4) is 11.3 Å². The number of anilines is 1. The molecule has 0 saturated heterocycles. The highest BCUT2D eigenvalue weighted by Gasteiger charge is 2.36. The SMILES string of the molecule is CC[C@@H](C)N(Cc1c(-c2ccccc2)noc1N(C)C(C)C)C(=O)C1CC1. The summed E-state index contributed by atoms with van der Waals surface area (Å²) >= 11 is 0. The maximum atomic E-state index is 13.0. The van der Waals surface area contributed by atoms with Crippen molar-refractivity contribution in [3.05, 3.63) is 35.9 Å². The summed E-state index contributed by atoms with van der Waals surface area (Å²) in [7, 11) is 2.01. The van der Waals surface area contributed by atoms with Gasteiger partial charge in [-0.05, 0) is 40.0 Å². The van der Waals surface area contributed by atoms with Crippen LogP contribution in [0.15, 0.2) is 34.9 Å². The maximum absolute atomic E-state index is 13.0. The van der Waals surface area contributed by atoms with Crippen LogP contribution in [-0.4, -0.2) is 35.1 Å². The first-order chi connectivity index (χ1) is 12.9. The summed E-state index contributed by atoms with van der Waals surface area (Å²) in [6.45, 7) is 9.03. The molecule has 146 valence electrons. The summed E-state index contributed by atoms with van der Waals surface area (Å²) < 4.78 is 5.78. The molecule has 5 nitrogen and oxygen atoms in total. The number of benzene rings is 1. The molecule has 1 amide bonds. The van der Waals surface area contributed by atoms with Gasteiger partial charge in [0.2, 0.25) is 11.8 Å². The van der Waals surface area contributed by atoms with Crippen molar-refractivity contribution < 1.29 is 9.32 Å². The van der Waals surface area contributed by atoms with Crippen molar-refractivity contribution in [3.63, 3.8) is 0 Å². The molecule has 1 aliphatic carbocycles. The van der Waals surface area contributed by atoms with Gasteiger partial charge in [-0.1, -0.05) is 42.4 Å². The lowest BCUT2D eigenvalue weighted by Gasteiger charge is -2.30. The van der Waals surface area contributed by atoms with Gasteiger partial charge >= 0.3 is 0 Å². The van der Waals surface area contributed by atoms with Crippen molar-refractivity contribution in [1.29, 1.82) is 0 Å². The Hall–Kier alpha value is -2.30. The van der Waals surface area contributed by atoms with Crippen molar-refractivity contribution >= 4 is 11.8 Å². The second-order valence-electron chi connectivity index (χ2n) is 7.88. The largest absolute Gasteiger partial charge is 0.341 e. The number of rotatable bonds is 8. The quantitative estimate of drug-likeness (QED) is 0.675. The van der Waals surface area contributed by atoms with E-state index in [1.54, 1.807) is 0 Å². The summed E-state index contributed by atoms with van der Waals surface area (Å²) in [5.41, 5.74) is 2.84. The fourth-order valence-corrected chi connectivity index (χ4v) is 3.18. The molecule has 0 bridgehead atoms. The summed E-state index contributed by atoms with van der Waals surface area (Å²) in [6, 6.07) is 10.5. The first kappa shape index (κ1) is 19.5. The third-order valence-electron chi connectivity index (χ3n) is 5.57. The lowest BCUT2D eigenvalue weighted by molar-refractivity contribution is -0.135. The Morgan fingerprint density at radius 1 is 1.22 bits per heavy atom. The van der Waals surface area contributed by atoms with Gasteiger partial charge < -0.3 is 14.3 Å². The summed E-state index contributed by atoms with van der Waals surface area (Å²) in [5, 5.41) is 4.39. The van der Waals surface area contributed by atoms with E-state index in [-0.39, 0.29) is 23.9 Å². The van der Waals surface area contributed by atoms with Gasteiger partial charge in [-0.15, -0.1) is 0 Å². The molecule has 3 rings (SSSR count).